The Kier molecular flexibility index (Phi) is 4.14. The molecule has 1 heterocycles. The topological polar surface area (TPSA) is 20.2 Å². The van der Waals surface area contributed by atoms with Crippen molar-refractivity contribution in [1.29, 1.82) is 0 Å². The van der Waals surface area contributed by atoms with Crippen molar-refractivity contribution in [2.75, 3.05) is 0 Å². The first-order chi connectivity index (χ1) is 6.57. The van der Waals surface area contributed by atoms with Crippen LogP contribution < -0.4 is 0 Å². The highest BCUT2D eigenvalue weighted by Gasteiger charge is 2.20. The van der Waals surface area contributed by atoms with Gasteiger partial charge in [0.05, 0.1) is 5.60 Å². The molecular formula is C12H20OS. The first-order valence-electron chi connectivity index (χ1n) is 5.37. The smallest absolute Gasteiger partial charge is 0.0667 e. The fourth-order valence-corrected chi connectivity index (χ4v) is 2.85. The fraction of sp³-hybridized carbons (Fsp3) is 0.667. The van der Waals surface area contributed by atoms with E-state index < -0.39 is 5.60 Å². The quantitative estimate of drug-likeness (QED) is 0.793. The predicted octanol–water partition coefficient (Wildman–Crippen LogP) is 3.40. The van der Waals surface area contributed by atoms with Crippen LogP contribution in [0.3, 0.4) is 0 Å². The summed E-state index contributed by atoms with van der Waals surface area (Å²) >= 11 is 1.83. The van der Waals surface area contributed by atoms with Gasteiger partial charge in [-0.2, -0.15) is 0 Å². The van der Waals surface area contributed by atoms with Gasteiger partial charge in [-0.25, -0.2) is 0 Å². The van der Waals surface area contributed by atoms with Gasteiger partial charge in [-0.1, -0.05) is 20.3 Å². The molecule has 0 bridgehead atoms. The fourth-order valence-electron chi connectivity index (χ4n) is 1.71. The molecule has 0 aromatic carbocycles. The molecule has 0 aliphatic carbocycles. The normalized spacial score (nSPS) is 15.4. The second-order valence-corrected chi connectivity index (χ2v) is 5.40. The summed E-state index contributed by atoms with van der Waals surface area (Å²) in [6.45, 7) is 6.21. The van der Waals surface area contributed by atoms with Crippen LogP contribution >= 0.6 is 11.3 Å². The van der Waals surface area contributed by atoms with Gasteiger partial charge in [0.15, 0.2) is 0 Å². The van der Waals surface area contributed by atoms with Crippen molar-refractivity contribution in [3.63, 3.8) is 0 Å². The van der Waals surface area contributed by atoms with E-state index in [2.05, 4.69) is 26.0 Å². The highest BCUT2D eigenvalue weighted by atomic mass is 32.1. The van der Waals surface area contributed by atoms with Gasteiger partial charge in [0.2, 0.25) is 0 Å². The molecule has 80 valence electrons. The van der Waals surface area contributed by atoms with Crippen molar-refractivity contribution in [3.8, 4) is 0 Å². The summed E-state index contributed by atoms with van der Waals surface area (Å²) in [6, 6.07) is 4.32. The number of hydrogen-bond donors (Lipinski definition) is 1. The summed E-state index contributed by atoms with van der Waals surface area (Å²) in [7, 11) is 0. The lowest BCUT2D eigenvalue weighted by Gasteiger charge is -2.21. The van der Waals surface area contributed by atoms with Gasteiger partial charge in [-0.15, -0.1) is 11.3 Å². The van der Waals surface area contributed by atoms with E-state index in [4.69, 9.17) is 0 Å². The van der Waals surface area contributed by atoms with Gasteiger partial charge in [0, 0.05) is 16.2 Å². The lowest BCUT2D eigenvalue weighted by atomic mass is 9.96. The van der Waals surface area contributed by atoms with E-state index in [1.54, 1.807) is 0 Å². The maximum atomic E-state index is 10.1. The summed E-state index contributed by atoms with van der Waals surface area (Å²) in [5, 5.41) is 10.1. The van der Waals surface area contributed by atoms with Gasteiger partial charge >= 0.3 is 0 Å². The highest BCUT2D eigenvalue weighted by molar-refractivity contribution is 7.12. The first-order valence-corrected chi connectivity index (χ1v) is 6.19. The number of hydrogen-bond acceptors (Lipinski definition) is 2. The standard InChI is InChI=1S/C12H20OS/c1-4-8-12(3,13)9-11-7-6-10(5-2)14-11/h6-7,13H,4-5,8-9H2,1-3H3. The van der Waals surface area contributed by atoms with Crippen LogP contribution in [0.15, 0.2) is 12.1 Å². The van der Waals surface area contributed by atoms with Crippen LogP contribution in [0.25, 0.3) is 0 Å². The molecular weight excluding hydrogens is 192 g/mol. The lowest BCUT2D eigenvalue weighted by molar-refractivity contribution is 0.0513. The third-order valence-electron chi connectivity index (χ3n) is 2.41. The Labute approximate surface area is 90.8 Å². The Morgan fingerprint density at radius 2 is 1.93 bits per heavy atom. The minimum absolute atomic E-state index is 0.523. The summed E-state index contributed by atoms with van der Waals surface area (Å²) < 4.78 is 0. The molecule has 0 radical (unpaired) electrons. The van der Waals surface area contributed by atoms with Gasteiger partial charge in [0.25, 0.3) is 0 Å². The van der Waals surface area contributed by atoms with Crippen LogP contribution in [-0.4, -0.2) is 10.7 Å². The van der Waals surface area contributed by atoms with Crippen molar-refractivity contribution >= 4 is 11.3 Å². The van der Waals surface area contributed by atoms with Crippen LogP contribution in [-0.2, 0) is 12.8 Å². The number of aliphatic hydroxyl groups is 1. The monoisotopic (exact) mass is 212 g/mol. The SMILES string of the molecule is CCCC(C)(O)Cc1ccc(CC)s1. The van der Waals surface area contributed by atoms with E-state index in [-0.39, 0.29) is 0 Å². The average Bonchev–Trinajstić information content (AvgIpc) is 2.51. The highest BCUT2D eigenvalue weighted by Crippen LogP contribution is 2.24. The van der Waals surface area contributed by atoms with Gasteiger partial charge < -0.3 is 5.11 Å². The molecule has 14 heavy (non-hydrogen) atoms. The molecule has 0 spiro atoms. The lowest BCUT2D eigenvalue weighted by Crippen LogP contribution is -2.26. The Bertz CT molecular complexity index is 276. The minimum Gasteiger partial charge on any atom is -0.390 e. The Morgan fingerprint density at radius 1 is 1.29 bits per heavy atom. The number of aryl methyl sites for hydroxylation is 1. The van der Waals surface area contributed by atoms with Crippen molar-refractivity contribution in [2.24, 2.45) is 0 Å². The molecule has 0 saturated carbocycles. The molecule has 0 saturated heterocycles. The second-order valence-electron chi connectivity index (χ2n) is 4.15. The Morgan fingerprint density at radius 3 is 2.43 bits per heavy atom. The molecule has 1 rings (SSSR count). The summed E-state index contributed by atoms with van der Waals surface area (Å²) in [5.74, 6) is 0. The molecule has 0 aliphatic rings. The van der Waals surface area contributed by atoms with Crippen molar-refractivity contribution in [2.45, 2.75) is 52.1 Å². The zero-order valence-corrected chi connectivity index (χ0v) is 10.2. The molecule has 2 heteroatoms. The van der Waals surface area contributed by atoms with Crippen LogP contribution in [0, 0.1) is 0 Å². The molecule has 1 nitrogen and oxygen atoms in total. The molecule has 1 aromatic heterocycles. The summed E-state index contributed by atoms with van der Waals surface area (Å²) in [5.41, 5.74) is -0.523. The molecule has 1 unspecified atom stereocenters. The van der Waals surface area contributed by atoms with Crippen molar-refractivity contribution in [3.05, 3.63) is 21.9 Å². The van der Waals surface area contributed by atoms with E-state index in [0.717, 1.165) is 25.7 Å². The molecule has 0 fully saturated rings. The largest absolute Gasteiger partial charge is 0.390 e. The van der Waals surface area contributed by atoms with Crippen LogP contribution in [0.2, 0.25) is 0 Å². The maximum absolute atomic E-state index is 10.1. The van der Waals surface area contributed by atoms with E-state index in [9.17, 15) is 5.11 Å². The van der Waals surface area contributed by atoms with Crippen molar-refractivity contribution in [1.82, 2.24) is 0 Å². The summed E-state index contributed by atoms with van der Waals surface area (Å²) in [6.07, 6.45) is 3.82. The van der Waals surface area contributed by atoms with Crippen molar-refractivity contribution < 1.29 is 5.11 Å². The van der Waals surface area contributed by atoms with Gasteiger partial charge in [-0.3, -0.25) is 0 Å². The summed E-state index contributed by atoms with van der Waals surface area (Å²) in [4.78, 5) is 2.72. The minimum atomic E-state index is -0.523. The Hall–Kier alpha value is -0.340. The zero-order valence-electron chi connectivity index (χ0n) is 9.34. The van der Waals surface area contributed by atoms with E-state index in [1.165, 1.54) is 9.75 Å². The first kappa shape index (κ1) is 11.7. The molecule has 0 amide bonds. The van der Waals surface area contributed by atoms with Crippen LogP contribution in [0.1, 0.15) is 43.4 Å². The zero-order chi connectivity index (χ0) is 10.6. The number of thiophene rings is 1. The van der Waals surface area contributed by atoms with E-state index >= 15 is 0 Å². The van der Waals surface area contributed by atoms with E-state index in [1.807, 2.05) is 18.3 Å². The molecule has 1 aromatic rings. The van der Waals surface area contributed by atoms with Crippen LogP contribution in [0.4, 0.5) is 0 Å². The molecule has 1 N–H and O–H groups in total. The van der Waals surface area contributed by atoms with Gasteiger partial charge in [-0.05, 0) is 31.9 Å². The molecule has 0 aliphatic heterocycles. The third kappa shape index (κ3) is 3.43. The van der Waals surface area contributed by atoms with Crippen LogP contribution in [0.5, 0.6) is 0 Å². The second kappa shape index (κ2) is 4.94. The molecule has 1 atom stereocenters. The predicted molar refractivity (Wildman–Crippen MR) is 62.9 cm³/mol. The maximum Gasteiger partial charge on any atom is 0.0667 e. The number of rotatable bonds is 5. The van der Waals surface area contributed by atoms with Gasteiger partial charge in [0.1, 0.15) is 0 Å². The Balaban J connectivity index is 2.58. The average molecular weight is 212 g/mol. The van der Waals surface area contributed by atoms with E-state index in [0.29, 0.717) is 0 Å². The third-order valence-corrected chi connectivity index (χ3v) is 3.64.